The van der Waals surface area contributed by atoms with Gasteiger partial charge in [0, 0.05) is 23.6 Å². The molecule has 2 aromatic carbocycles. The Hall–Kier alpha value is -3.01. The molecule has 0 saturated heterocycles. The van der Waals surface area contributed by atoms with Crippen molar-refractivity contribution in [2.75, 3.05) is 5.32 Å². The minimum atomic E-state index is -0.212. The molecule has 3 rings (SSSR count). The molecule has 4 nitrogen and oxygen atoms in total. The Bertz CT molecular complexity index is 827. The van der Waals surface area contributed by atoms with Gasteiger partial charge in [0.1, 0.15) is 0 Å². The van der Waals surface area contributed by atoms with Gasteiger partial charge in [-0.25, -0.2) is 9.97 Å². The van der Waals surface area contributed by atoms with Crippen molar-refractivity contribution in [1.29, 1.82) is 0 Å². The highest BCUT2D eigenvalue weighted by atomic mass is 16.1. The molecule has 0 aliphatic carbocycles. The molecular formula is C20H19N3O. The Morgan fingerprint density at radius 2 is 1.67 bits per heavy atom. The van der Waals surface area contributed by atoms with E-state index < -0.39 is 0 Å². The summed E-state index contributed by atoms with van der Waals surface area (Å²) >= 11 is 0. The molecule has 0 fully saturated rings. The molecule has 0 saturated carbocycles. The van der Waals surface area contributed by atoms with Crippen LogP contribution in [0.25, 0.3) is 11.4 Å². The first-order chi connectivity index (χ1) is 11.6. The van der Waals surface area contributed by atoms with Crippen molar-refractivity contribution in [2.45, 2.75) is 19.8 Å². The van der Waals surface area contributed by atoms with Gasteiger partial charge in [-0.2, -0.15) is 0 Å². The number of hydrogen-bond donors (Lipinski definition) is 1. The van der Waals surface area contributed by atoms with Gasteiger partial charge in [0.25, 0.3) is 5.91 Å². The summed E-state index contributed by atoms with van der Waals surface area (Å²) < 4.78 is 0. The van der Waals surface area contributed by atoms with Crippen LogP contribution in [0.2, 0.25) is 0 Å². The summed E-state index contributed by atoms with van der Waals surface area (Å²) in [6, 6.07) is 17.5. The molecule has 1 amide bonds. The molecule has 120 valence electrons. The number of carbonyl (C=O) groups excluding carboxylic acids is 1. The average Bonchev–Trinajstić information content (AvgIpc) is 2.63. The summed E-state index contributed by atoms with van der Waals surface area (Å²) in [6.07, 6.45) is 3.11. The third-order valence-electron chi connectivity index (χ3n) is 3.76. The summed E-state index contributed by atoms with van der Waals surface area (Å²) in [6.45, 7) is 4.24. The van der Waals surface area contributed by atoms with Gasteiger partial charge in [-0.3, -0.25) is 4.79 Å². The number of nitrogens with zero attached hydrogens (tertiary/aromatic N) is 2. The molecule has 1 heterocycles. The highest BCUT2D eigenvalue weighted by molar-refractivity contribution is 6.03. The third kappa shape index (κ3) is 3.66. The van der Waals surface area contributed by atoms with Crippen molar-refractivity contribution in [2.24, 2.45) is 0 Å². The standard InChI is InChI=1S/C20H19N3O/c1-14(2)16-9-6-10-18(11-16)23-20(24)17-12-21-19(22-13-17)15-7-4-3-5-8-15/h3-14H,1-2H3,(H,23,24). The fourth-order valence-electron chi connectivity index (χ4n) is 2.36. The van der Waals surface area contributed by atoms with Crippen molar-refractivity contribution in [3.05, 3.63) is 78.1 Å². The predicted octanol–water partition coefficient (Wildman–Crippen LogP) is 4.52. The van der Waals surface area contributed by atoms with Crippen LogP contribution in [0, 0.1) is 0 Å². The van der Waals surface area contributed by atoms with Crippen molar-refractivity contribution >= 4 is 11.6 Å². The van der Waals surface area contributed by atoms with E-state index in [0.29, 0.717) is 17.3 Å². The van der Waals surface area contributed by atoms with Crippen LogP contribution in [-0.4, -0.2) is 15.9 Å². The number of benzene rings is 2. The van der Waals surface area contributed by atoms with Gasteiger partial charge >= 0.3 is 0 Å². The molecule has 0 aliphatic rings. The van der Waals surface area contributed by atoms with Gasteiger partial charge in [0.2, 0.25) is 0 Å². The lowest BCUT2D eigenvalue weighted by Crippen LogP contribution is -2.13. The van der Waals surface area contributed by atoms with Crippen molar-refractivity contribution in [1.82, 2.24) is 9.97 Å². The predicted molar refractivity (Wildman–Crippen MR) is 96.0 cm³/mol. The monoisotopic (exact) mass is 317 g/mol. The average molecular weight is 317 g/mol. The van der Waals surface area contributed by atoms with E-state index in [1.165, 1.54) is 5.56 Å². The number of aromatic nitrogens is 2. The SMILES string of the molecule is CC(C)c1cccc(NC(=O)c2cnc(-c3ccccc3)nc2)c1. The van der Waals surface area contributed by atoms with Crippen LogP contribution in [0.3, 0.4) is 0 Å². The molecule has 0 atom stereocenters. The van der Waals surface area contributed by atoms with Crippen LogP contribution in [0.4, 0.5) is 5.69 Å². The lowest BCUT2D eigenvalue weighted by atomic mass is 10.0. The van der Waals surface area contributed by atoms with E-state index in [0.717, 1.165) is 11.3 Å². The van der Waals surface area contributed by atoms with Crippen LogP contribution in [0.15, 0.2) is 67.0 Å². The Morgan fingerprint density at radius 1 is 0.958 bits per heavy atom. The maximum absolute atomic E-state index is 12.4. The molecular weight excluding hydrogens is 298 g/mol. The first-order valence-electron chi connectivity index (χ1n) is 7.92. The fraction of sp³-hybridized carbons (Fsp3) is 0.150. The van der Waals surface area contributed by atoms with Gasteiger partial charge in [-0.15, -0.1) is 0 Å². The Labute approximate surface area is 141 Å². The summed E-state index contributed by atoms with van der Waals surface area (Å²) in [5, 5.41) is 2.89. The number of rotatable bonds is 4. The Balaban J connectivity index is 1.75. The normalized spacial score (nSPS) is 10.6. The van der Waals surface area contributed by atoms with Gasteiger partial charge in [-0.05, 0) is 23.6 Å². The minimum Gasteiger partial charge on any atom is -0.322 e. The van der Waals surface area contributed by atoms with Gasteiger partial charge < -0.3 is 5.32 Å². The lowest BCUT2D eigenvalue weighted by Gasteiger charge is -2.09. The second-order valence-corrected chi connectivity index (χ2v) is 5.90. The van der Waals surface area contributed by atoms with E-state index in [4.69, 9.17) is 0 Å². The zero-order chi connectivity index (χ0) is 16.9. The van der Waals surface area contributed by atoms with Crippen molar-refractivity contribution in [3.63, 3.8) is 0 Å². The highest BCUT2D eigenvalue weighted by Gasteiger charge is 2.09. The Morgan fingerprint density at radius 3 is 2.33 bits per heavy atom. The molecule has 24 heavy (non-hydrogen) atoms. The third-order valence-corrected chi connectivity index (χ3v) is 3.76. The van der Waals surface area contributed by atoms with Crippen molar-refractivity contribution < 1.29 is 4.79 Å². The number of carbonyl (C=O) groups is 1. The second-order valence-electron chi connectivity index (χ2n) is 5.90. The van der Waals surface area contributed by atoms with Gasteiger partial charge in [-0.1, -0.05) is 56.3 Å². The van der Waals surface area contributed by atoms with E-state index in [-0.39, 0.29) is 5.91 Å². The molecule has 0 bridgehead atoms. The number of amides is 1. The maximum Gasteiger partial charge on any atom is 0.258 e. The fourth-order valence-corrected chi connectivity index (χ4v) is 2.36. The summed E-state index contributed by atoms with van der Waals surface area (Å²) in [5.74, 6) is 0.805. The molecule has 4 heteroatoms. The number of hydrogen-bond acceptors (Lipinski definition) is 3. The highest BCUT2D eigenvalue weighted by Crippen LogP contribution is 2.19. The molecule has 1 aromatic heterocycles. The maximum atomic E-state index is 12.4. The van der Waals surface area contributed by atoms with Crippen molar-refractivity contribution in [3.8, 4) is 11.4 Å². The molecule has 0 spiro atoms. The molecule has 0 aliphatic heterocycles. The molecule has 1 N–H and O–H groups in total. The first-order valence-corrected chi connectivity index (χ1v) is 7.92. The van der Waals surface area contributed by atoms with Gasteiger partial charge in [0.15, 0.2) is 5.82 Å². The van der Waals surface area contributed by atoms with E-state index in [1.54, 1.807) is 12.4 Å². The van der Waals surface area contributed by atoms with Crippen LogP contribution in [-0.2, 0) is 0 Å². The minimum absolute atomic E-state index is 0.212. The molecule has 0 radical (unpaired) electrons. The topological polar surface area (TPSA) is 54.9 Å². The molecule has 0 unspecified atom stereocenters. The number of nitrogens with one attached hydrogen (secondary N) is 1. The lowest BCUT2D eigenvalue weighted by molar-refractivity contribution is 0.102. The largest absolute Gasteiger partial charge is 0.322 e. The van der Waals surface area contributed by atoms with E-state index in [9.17, 15) is 4.79 Å². The van der Waals surface area contributed by atoms with Crippen LogP contribution in [0.1, 0.15) is 35.7 Å². The summed E-state index contributed by atoms with van der Waals surface area (Å²) in [5.41, 5.74) is 3.32. The Kier molecular flexibility index (Phi) is 4.66. The zero-order valence-electron chi connectivity index (χ0n) is 13.7. The second kappa shape index (κ2) is 7.04. The van der Waals surface area contributed by atoms with Crippen LogP contribution >= 0.6 is 0 Å². The summed E-state index contributed by atoms with van der Waals surface area (Å²) in [4.78, 5) is 20.9. The smallest absolute Gasteiger partial charge is 0.258 e. The van der Waals surface area contributed by atoms with Gasteiger partial charge in [0.05, 0.1) is 5.56 Å². The van der Waals surface area contributed by atoms with E-state index >= 15 is 0 Å². The van der Waals surface area contributed by atoms with E-state index in [1.807, 2.05) is 48.5 Å². The van der Waals surface area contributed by atoms with E-state index in [2.05, 4.69) is 35.2 Å². The first kappa shape index (κ1) is 15.9. The zero-order valence-corrected chi connectivity index (χ0v) is 13.7. The quantitative estimate of drug-likeness (QED) is 0.769. The number of anilines is 1. The van der Waals surface area contributed by atoms with Crippen LogP contribution in [0.5, 0.6) is 0 Å². The van der Waals surface area contributed by atoms with Crippen LogP contribution < -0.4 is 5.32 Å². The summed E-state index contributed by atoms with van der Waals surface area (Å²) in [7, 11) is 0. The molecule has 3 aromatic rings.